The van der Waals surface area contributed by atoms with Crippen LogP contribution >= 0.6 is 7.95 Å². The summed E-state index contributed by atoms with van der Waals surface area (Å²) < 4.78 is 29.6. The highest BCUT2D eigenvalue weighted by Crippen LogP contribution is 2.36. The SMILES string of the molecule is COC(=O)[C@@H]1CC[C@H](N[PH](=O)c2ccc(B3OC(C)(C)C(C)(C)O3)cc2)C1. The monoisotopic (exact) mass is 393 g/mol. The summed E-state index contributed by atoms with van der Waals surface area (Å²) in [5.41, 5.74) is 0.146. The second-order valence-electron chi connectivity index (χ2n) is 8.41. The van der Waals surface area contributed by atoms with Gasteiger partial charge in [0.1, 0.15) is 0 Å². The number of hydrogen-bond acceptors (Lipinski definition) is 5. The number of carbonyl (C=O) groups excluding carboxylic acids is 1. The molecule has 2 aliphatic rings. The van der Waals surface area contributed by atoms with E-state index in [1.165, 1.54) is 7.11 Å². The molecular formula is C19H29BNO5P. The normalized spacial score (nSPS) is 27.5. The maximum absolute atomic E-state index is 12.7. The molecule has 27 heavy (non-hydrogen) atoms. The van der Waals surface area contributed by atoms with Crippen molar-refractivity contribution in [3.63, 3.8) is 0 Å². The summed E-state index contributed by atoms with van der Waals surface area (Å²) in [6.45, 7) is 8.08. The molecule has 1 unspecified atom stereocenters. The summed E-state index contributed by atoms with van der Waals surface area (Å²) >= 11 is 0. The Hall–Kier alpha value is -1.14. The quantitative estimate of drug-likeness (QED) is 0.469. The summed E-state index contributed by atoms with van der Waals surface area (Å²) in [5.74, 6) is -0.265. The van der Waals surface area contributed by atoms with E-state index in [4.69, 9.17) is 14.0 Å². The van der Waals surface area contributed by atoms with Crippen LogP contribution in [-0.2, 0) is 23.4 Å². The first-order valence-electron chi connectivity index (χ1n) is 9.47. The van der Waals surface area contributed by atoms with E-state index in [-0.39, 0.29) is 29.1 Å². The third kappa shape index (κ3) is 4.32. The fourth-order valence-corrected chi connectivity index (χ4v) is 4.80. The minimum absolute atomic E-state index is 0.0864. The number of carbonyl (C=O) groups is 1. The first-order chi connectivity index (χ1) is 12.6. The molecule has 0 amide bonds. The Morgan fingerprint density at radius 2 is 1.74 bits per heavy atom. The summed E-state index contributed by atoms with van der Waals surface area (Å²) in [6, 6.07) is 7.63. The van der Waals surface area contributed by atoms with Crippen LogP contribution in [0.5, 0.6) is 0 Å². The maximum Gasteiger partial charge on any atom is 0.494 e. The first kappa shape index (κ1) is 20.6. The van der Waals surface area contributed by atoms with E-state index in [9.17, 15) is 9.36 Å². The van der Waals surface area contributed by atoms with E-state index in [2.05, 4.69) is 5.09 Å². The highest BCUT2D eigenvalue weighted by Gasteiger charge is 2.51. The molecule has 1 N–H and O–H groups in total. The molecule has 1 aromatic rings. The molecule has 1 heterocycles. The van der Waals surface area contributed by atoms with Gasteiger partial charge in [-0.3, -0.25) is 9.88 Å². The summed E-state index contributed by atoms with van der Waals surface area (Å²) in [7, 11) is -1.13. The van der Waals surface area contributed by atoms with E-state index in [1.54, 1.807) is 0 Å². The van der Waals surface area contributed by atoms with Crippen LogP contribution in [0, 0.1) is 5.92 Å². The van der Waals surface area contributed by atoms with Crippen molar-refractivity contribution in [3.05, 3.63) is 24.3 Å². The third-order valence-electron chi connectivity index (χ3n) is 6.00. The fraction of sp³-hybridized carbons (Fsp3) is 0.632. The average molecular weight is 393 g/mol. The van der Waals surface area contributed by atoms with E-state index in [0.717, 1.165) is 23.6 Å². The molecule has 3 atom stereocenters. The molecule has 6 nitrogen and oxygen atoms in total. The Kier molecular flexibility index (Phi) is 5.88. The van der Waals surface area contributed by atoms with Gasteiger partial charge in [-0.15, -0.1) is 0 Å². The van der Waals surface area contributed by atoms with Crippen molar-refractivity contribution in [1.82, 2.24) is 5.09 Å². The van der Waals surface area contributed by atoms with Crippen LogP contribution in [0.15, 0.2) is 24.3 Å². The zero-order valence-electron chi connectivity index (χ0n) is 16.7. The van der Waals surface area contributed by atoms with Gasteiger partial charge in [-0.05, 0) is 52.4 Å². The van der Waals surface area contributed by atoms with Crippen LogP contribution in [0.25, 0.3) is 0 Å². The van der Waals surface area contributed by atoms with Crippen molar-refractivity contribution >= 4 is 31.8 Å². The number of rotatable bonds is 5. The second kappa shape index (κ2) is 7.71. The van der Waals surface area contributed by atoms with Gasteiger partial charge in [0.05, 0.1) is 24.2 Å². The fourth-order valence-electron chi connectivity index (χ4n) is 3.53. The van der Waals surface area contributed by atoms with Crippen LogP contribution in [0.2, 0.25) is 0 Å². The predicted molar refractivity (Wildman–Crippen MR) is 107 cm³/mol. The molecule has 3 rings (SSSR count). The van der Waals surface area contributed by atoms with Crippen LogP contribution in [0.1, 0.15) is 47.0 Å². The summed E-state index contributed by atoms with van der Waals surface area (Å²) in [5, 5.41) is 3.96. The van der Waals surface area contributed by atoms with Crippen molar-refractivity contribution in [1.29, 1.82) is 0 Å². The smallest absolute Gasteiger partial charge is 0.469 e. The molecule has 1 aromatic carbocycles. The molecule has 1 aliphatic heterocycles. The average Bonchev–Trinajstić information content (AvgIpc) is 3.16. The summed E-state index contributed by atoms with van der Waals surface area (Å²) in [6.07, 6.45) is 2.29. The van der Waals surface area contributed by atoms with E-state index in [0.29, 0.717) is 6.42 Å². The molecule has 8 heteroatoms. The molecule has 0 bridgehead atoms. The van der Waals surface area contributed by atoms with E-state index >= 15 is 0 Å². The van der Waals surface area contributed by atoms with Gasteiger partial charge in [0.25, 0.3) is 0 Å². The van der Waals surface area contributed by atoms with Gasteiger partial charge in [0.15, 0.2) is 7.95 Å². The lowest BCUT2D eigenvalue weighted by atomic mass is 9.79. The van der Waals surface area contributed by atoms with Crippen LogP contribution < -0.4 is 15.9 Å². The van der Waals surface area contributed by atoms with Gasteiger partial charge >= 0.3 is 13.1 Å². The predicted octanol–water partition coefficient (Wildman–Crippen LogP) is 2.02. The lowest BCUT2D eigenvalue weighted by Gasteiger charge is -2.32. The minimum atomic E-state index is -2.12. The van der Waals surface area contributed by atoms with Gasteiger partial charge < -0.3 is 18.6 Å². The van der Waals surface area contributed by atoms with Gasteiger partial charge in [-0.1, -0.05) is 24.3 Å². The van der Waals surface area contributed by atoms with E-state index < -0.39 is 15.1 Å². The summed E-state index contributed by atoms with van der Waals surface area (Å²) in [4.78, 5) is 11.6. The largest absolute Gasteiger partial charge is 0.494 e. The lowest BCUT2D eigenvalue weighted by Crippen LogP contribution is -2.41. The topological polar surface area (TPSA) is 73.9 Å². The Bertz CT molecular complexity index is 705. The van der Waals surface area contributed by atoms with Crippen molar-refractivity contribution in [3.8, 4) is 0 Å². The Morgan fingerprint density at radius 1 is 1.15 bits per heavy atom. The number of nitrogens with one attached hydrogen (secondary N) is 1. The Morgan fingerprint density at radius 3 is 2.30 bits per heavy atom. The molecule has 0 spiro atoms. The molecule has 1 saturated heterocycles. The number of hydrogen-bond donors (Lipinski definition) is 1. The third-order valence-corrected chi connectivity index (χ3v) is 7.53. The van der Waals surface area contributed by atoms with Gasteiger partial charge in [-0.25, -0.2) is 0 Å². The highest BCUT2D eigenvalue weighted by atomic mass is 31.1. The molecule has 2 fully saturated rings. The van der Waals surface area contributed by atoms with Crippen molar-refractivity contribution in [2.45, 2.75) is 64.2 Å². The van der Waals surface area contributed by atoms with Crippen molar-refractivity contribution < 1.29 is 23.4 Å². The molecule has 1 saturated carbocycles. The number of ether oxygens (including phenoxy) is 1. The van der Waals surface area contributed by atoms with Gasteiger partial charge in [0.2, 0.25) is 0 Å². The zero-order chi connectivity index (χ0) is 19.8. The molecular weight excluding hydrogens is 364 g/mol. The van der Waals surface area contributed by atoms with Gasteiger partial charge in [0, 0.05) is 11.3 Å². The van der Waals surface area contributed by atoms with Gasteiger partial charge in [-0.2, -0.15) is 0 Å². The van der Waals surface area contributed by atoms with Crippen LogP contribution in [-0.4, -0.2) is 37.4 Å². The van der Waals surface area contributed by atoms with Crippen LogP contribution in [0.4, 0.5) is 0 Å². The maximum atomic E-state index is 12.7. The molecule has 1 aliphatic carbocycles. The number of esters is 1. The molecule has 0 radical (unpaired) electrons. The standard InChI is InChI=1S/C19H29BNO5P/c1-18(2)19(3,4)26-20(25-18)14-7-10-16(11-8-14)27(23)21-15-9-6-13(12-15)17(22)24-5/h7-8,10-11,13,15,27H,6,9,12H2,1-5H3,(H,21,23)/t13-,15+/m1/s1. The number of benzene rings is 1. The van der Waals surface area contributed by atoms with E-state index in [1.807, 2.05) is 52.0 Å². The molecule has 0 aromatic heterocycles. The van der Waals surface area contributed by atoms with Crippen molar-refractivity contribution in [2.75, 3.05) is 7.11 Å². The lowest BCUT2D eigenvalue weighted by molar-refractivity contribution is -0.145. The number of methoxy groups -OCH3 is 1. The van der Waals surface area contributed by atoms with Crippen LogP contribution in [0.3, 0.4) is 0 Å². The van der Waals surface area contributed by atoms with Crippen molar-refractivity contribution in [2.24, 2.45) is 5.92 Å². The second-order valence-corrected chi connectivity index (χ2v) is 9.94. The zero-order valence-corrected chi connectivity index (χ0v) is 17.7. The highest BCUT2D eigenvalue weighted by molar-refractivity contribution is 7.51. The minimum Gasteiger partial charge on any atom is -0.469 e. The molecule has 148 valence electrons. The Labute approximate surface area is 162 Å². The Balaban J connectivity index is 1.59. The first-order valence-corrected chi connectivity index (χ1v) is 10.9.